The Morgan fingerprint density at radius 2 is 2.06 bits per heavy atom. The number of terminal acetylenes is 1. The molecule has 0 aromatic heterocycles. The van der Waals surface area contributed by atoms with Crippen LogP contribution >= 0.6 is 0 Å². The summed E-state index contributed by atoms with van der Waals surface area (Å²) in [6.45, 7) is 0.395. The Bertz CT molecular complexity index is 432. The summed E-state index contributed by atoms with van der Waals surface area (Å²) in [6.07, 6.45) is 5.49. The highest BCUT2D eigenvalue weighted by Gasteiger charge is 2.08. The van der Waals surface area contributed by atoms with Gasteiger partial charge in [0.1, 0.15) is 0 Å². The number of nitro groups is 1. The van der Waals surface area contributed by atoms with Crippen LogP contribution in [0.5, 0.6) is 0 Å². The fourth-order valence-corrected chi connectivity index (χ4v) is 1.08. The third-order valence-corrected chi connectivity index (χ3v) is 1.90. The molecule has 0 radical (unpaired) electrons. The summed E-state index contributed by atoms with van der Waals surface area (Å²) >= 11 is 0. The van der Waals surface area contributed by atoms with Crippen molar-refractivity contribution in [3.05, 3.63) is 39.9 Å². The van der Waals surface area contributed by atoms with Gasteiger partial charge in [0.15, 0.2) is 0 Å². The molecule has 1 rings (SSSR count). The molecule has 5 nitrogen and oxygen atoms in total. The highest BCUT2D eigenvalue weighted by molar-refractivity contribution is 5.94. The molecule has 0 fully saturated rings. The number of carbonyl (C=O) groups excluding carboxylic acids is 1. The van der Waals surface area contributed by atoms with Crippen molar-refractivity contribution < 1.29 is 9.72 Å². The molecule has 0 aliphatic carbocycles. The van der Waals surface area contributed by atoms with Crippen LogP contribution in [0.4, 0.5) is 5.69 Å². The van der Waals surface area contributed by atoms with Crippen LogP contribution in [-0.4, -0.2) is 17.4 Å². The lowest BCUT2D eigenvalue weighted by atomic mass is 10.2. The third-order valence-electron chi connectivity index (χ3n) is 1.90. The van der Waals surface area contributed by atoms with Crippen molar-refractivity contribution in [2.75, 3.05) is 6.54 Å². The lowest BCUT2D eigenvalue weighted by Gasteiger charge is -2.02. The van der Waals surface area contributed by atoms with E-state index in [9.17, 15) is 14.9 Å². The summed E-state index contributed by atoms with van der Waals surface area (Å²) in [5.74, 6) is 2.11. The largest absolute Gasteiger partial charge is 0.351 e. The van der Waals surface area contributed by atoms with Crippen molar-refractivity contribution in [2.45, 2.75) is 6.42 Å². The second-order valence-electron chi connectivity index (χ2n) is 3.01. The molecule has 0 atom stereocenters. The molecule has 1 amide bonds. The molecule has 0 aliphatic heterocycles. The van der Waals surface area contributed by atoms with Crippen LogP contribution < -0.4 is 5.32 Å². The molecule has 1 aromatic rings. The number of nitrogens with zero attached hydrogens (tertiary/aromatic N) is 1. The molecular formula is C11H10N2O3. The summed E-state index contributed by atoms with van der Waals surface area (Å²) in [5, 5.41) is 13.0. The molecular weight excluding hydrogens is 208 g/mol. The first-order chi connectivity index (χ1) is 7.65. The van der Waals surface area contributed by atoms with E-state index in [0.29, 0.717) is 18.5 Å². The van der Waals surface area contributed by atoms with Crippen LogP contribution in [0.15, 0.2) is 24.3 Å². The van der Waals surface area contributed by atoms with Gasteiger partial charge in [0.2, 0.25) is 0 Å². The van der Waals surface area contributed by atoms with Gasteiger partial charge in [-0.3, -0.25) is 14.9 Å². The van der Waals surface area contributed by atoms with Crippen molar-refractivity contribution >= 4 is 11.6 Å². The molecule has 1 aromatic carbocycles. The van der Waals surface area contributed by atoms with Gasteiger partial charge in [-0.25, -0.2) is 0 Å². The van der Waals surface area contributed by atoms with E-state index in [2.05, 4.69) is 11.2 Å². The van der Waals surface area contributed by atoms with Crippen LogP contribution in [0, 0.1) is 22.5 Å². The smallest absolute Gasteiger partial charge is 0.269 e. The highest BCUT2D eigenvalue weighted by Crippen LogP contribution is 2.11. The predicted molar refractivity (Wildman–Crippen MR) is 58.9 cm³/mol. The predicted octanol–water partition coefficient (Wildman–Crippen LogP) is 1.35. The van der Waals surface area contributed by atoms with E-state index in [1.54, 1.807) is 0 Å². The molecule has 0 heterocycles. The molecule has 5 heteroatoms. The van der Waals surface area contributed by atoms with Crippen molar-refractivity contribution in [3.8, 4) is 12.3 Å². The van der Waals surface area contributed by atoms with Gasteiger partial charge in [-0.1, -0.05) is 0 Å². The minimum Gasteiger partial charge on any atom is -0.351 e. The maximum Gasteiger partial charge on any atom is 0.269 e. The Balaban J connectivity index is 2.64. The first-order valence-electron chi connectivity index (χ1n) is 4.61. The van der Waals surface area contributed by atoms with Gasteiger partial charge in [0, 0.05) is 30.7 Å². The van der Waals surface area contributed by atoms with E-state index in [1.807, 2.05) is 0 Å². The minimum absolute atomic E-state index is 0.0415. The number of non-ortho nitro benzene ring substituents is 1. The fourth-order valence-electron chi connectivity index (χ4n) is 1.08. The monoisotopic (exact) mass is 218 g/mol. The van der Waals surface area contributed by atoms with Crippen molar-refractivity contribution in [1.29, 1.82) is 0 Å². The second-order valence-corrected chi connectivity index (χ2v) is 3.01. The van der Waals surface area contributed by atoms with Gasteiger partial charge >= 0.3 is 0 Å². The average molecular weight is 218 g/mol. The van der Waals surface area contributed by atoms with Gasteiger partial charge in [0.05, 0.1) is 4.92 Å². The van der Waals surface area contributed by atoms with E-state index < -0.39 is 4.92 Å². The number of rotatable bonds is 4. The van der Waals surface area contributed by atoms with E-state index in [1.165, 1.54) is 24.3 Å². The average Bonchev–Trinajstić information content (AvgIpc) is 2.29. The molecule has 16 heavy (non-hydrogen) atoms. The number of nitro benzene ring substituents is 1. The van der Waals surface area contributed by atoms with Crippen LogP contribution in [0.3, 0.4) is 0 Å². The summed E-state index contributed by atoms with van der Waals surface area (Å²) in [4.78, 5) is 21.3. The van der Waals surface area contributed by atoms with Gasteiger partial charge in [-0.05, 0) is 12.1 Å². The maximum absolute atomic E-state index is 11.5. The number of hydrogen-bond donors (Lipinski definition) is 1. The SMILES string of the molecule is C#CCCNC(=O)c1ccc([N+](=O)[O-])cc1. The van der Waals surface area contributed by atoms with Gasteiger partial charge in [0.25, 0.3) is 11.6 Å². The Kier molecular flexibility index (Phi) is 4.04. The molecule has 0 unspecified atom stereocenters. The zero-order valence-electron chi connectivity index (χ0n) is 8.47. The number of amides is 1. The number of carbonyl (C=O) groups is 1. The summed E-state index contributed by atoms with van der Waals surface area (Å²) < 4.78 is 0. The van der Waals surface area contributed by atoms with E-state index >= 15 is 0 Å². The van der Waals surface area contributed by atoms with Crippen molar-refractivity contribution in [3.63, 3.8) is 0 Å². The van der Waals surface area contributed by atoms with Gasteiger partial charge < -0.3 is 5.32 Å². The van der Waals surface area contributed by atoms with E-state index in [0.717, 1.165) is 0 Å². The normalized spacial score (nSPS) is 9.19. The quantitative estimate of drug-likeness (QED) is 0.359. The zero-order valence-corrected chi connectivity index (χ0v) is 8.47. The maximum atomic E-state index is 11.5. The molecule has 0 spiro atoms. The lowest BCUT2D eigenvalue weighted by molar-refractivity contribution is -0.384. The van der Waals surface area contributed by atoms with Gasteiger partial charge in [-0.2, -0.15) is 0 Å². The summed E-state index contributed by atoms with van der Waals surface area (Å²) in [6, 6.07) is 5.39. The van der Waals surface area contributed by atoms with Crippen molar-refractivity contribution in [2.24, 2.45) is 0 Å². The molecule has 0 bridgehead atoms. The lowest BCUT2D eigenvalue weighted by Crippen LogP contribution is -2.24. The zero-order chi connectivity index (χ0) is 12.0. The minimum atomic E-state index is -0.514. The number of nitrogens with one attached hydrogen (secondary N) is 1. The molecule has 0 aliphatic rings. The van der Waals surface area contributed by atoms with Crippen molar-refractivity contribution in [1.82, 2.24) is 5.32 Å². The Hall–Kier alpha value is -2.35. The molecule has 1 N–H and O–H groups in total. The van der Waals surface area contributed by atoms with E-state index in [4.69, 9.17) is 6.42 Å². The Labute approximate surface area is 92.6 Å². The van der Waals surface area contributed by atoms with Gasteiger partial charge in [-0.15, -0.1) is 12.3 Å². The molecule has 0 saturated carbocycles. The van der Waals surface area contributed by atoms with Crippen LogP contribution in [0.2, 0.25) is 0 Å². The molecule has 0 saturated heterocycles. The molecule has 82 valence electrons. The van der Waals surface area contributed by atoms with Crippen LogP contribution in [0.25, 0.3) is 0 Å². The number of benzene rings is 1. The standard InChI is InChI=1S/C11H10N2O3/c1-2-3-8-12-11(14)9-4-6-10(7-5-9)13(15)16/h1,4-7H,3,8H2,(H,12,14). The first-order valence-corrected chi connectivity index (χ1v) is 4.61. The Morgan fingerprint density at radius 3 is 2.56 bits per heavy atom. The van der Waals surface area contributed by atoms with Crippen LogP contribution in [-0.2, 0) is 0 Å². The van der Waals surface area contributed by atoms with E-state index in [-0.39, 0.29) is 11.6 Å². The third kappa shape index (κ3) is 3.10. The summed E-state index contributed by atoms with van der Waals surface area (Å²) in [7, 11) is 0. The number of hydrogen-bond acceptors (Lipinski definition) is 3. The highest BCUT2D eigenvalue weighted by atomic mass is 16.6. The summed E-state index contributed by atoms with van der Waals surface area (Å²) in [5.41, 5.74) is 0.336. The topological polar surface area (TPSA) is 72.2 Å². The van der Waals surface area contributed by atoms with Crippen LogP contribution in [0.1, 0.15) is 16.8 Å². The Morgan fingerprint density at radius 1 is 1.44 bits per heavy atom. The first kappa shape index (κ1) is 11.7. The fraction of sp³-hybridized carbons (Fsp3) is 0.182. The second kappa shape index (κ2) is 5.51.